The molecule has 0 saturated heterocycles. The van der Waals surface area contributed by atoms with Crippen LogP contribution in [0.5, 0.6) is 0 Å². The number of para-hydroxylation sites is 1. The first kappa shape index (κ1) is 19.6. The molecule has 144 valence electrons. The Kier molecular flexibility index (Phi) is 6.11. The van der Waals surface area contributed by atoms with Crippen molar-refractivity contribution >= 4 is 46.1 Å². The highest BCUT2D eigenvalue weighted by molar-refractivity contribution is 6.06. The highest BCUT2D eigenvalue weighted by Crippen LogP contribution is 2.27. The van der Waals surface area contributed by atoms with E-state index in [4.69, 9.17) is 5.73 Å². The van der Waals surface area contributed by atoms with Crippen LogP contribution in [0.25, 0.3) is 21.9 Å². The zero-order valence-corrected chi connectivity index (χ0v) is 16.2. The maximum atomic E-state index is 12.0. The summed E-state index contributed by atoms with van der Waals surface area (Å²) in [5, 5.41) is 4.01. The van der Waals surface area contributed by atoms with Crippen LogP contribution in [0.1, 0.15) is 23.2 Å². The second kappa shape index (κ2) is 8.71. The molecule has 2 aromatic heterocycles. The average Bonchev–Trinajstić information content (AvgIpc) is 3.13. The maximum Gasteiger partial charge on any atom is 0.251 e. The predicted octanol–water partition coefficient (Wildman–Crippen LogP) is 3.80. The second-order valence-corrected chi connectivity index (χ2v) is 6.48. The first-order valence-electron chi connectivity index (χ1n) is 9.06. The lowest BCUT2D eigenvalue weighted by atomic mass is 10.2. The topological polar surface area (TPSA) is 85.8 Å². The number of rotatable bonds is 6. The van der Waals surface area contributed by atoms with Crippen molar-refractivity contribution in [1.82, 2.24) is 19.9 Å². The number of benzene rings is 2. The number of nitrogens with two attached hydrogens (primary N) is 1. The van der Waals surface area contributed by atoms with Gasteiger partial charge in [-0.3, -0.25) is 4.79 Å². The Morgan fingerprint density at radius 3 is 2.61 bits per heavy atom. The molecule has 3 N–H and O–H groups in total. The highest BCUT2D eigenvalue weighted by Gasteiger charge is 2.11. The van der Waals surface area contributed by atoms with Crippen molar-refractivity contribution in [3.63, 3.8) is 0 Å². The zero-order valence-electron chi connectivity index (χ0n) is 15.3. The van der Waals surface area contributed by atoms with E-state index >= 15 is 0 Å². The van der Waals surface area contributed by atoms with Gasteiger partial charge in [0.25, 0.3) is 5.91 Å². The third kappa shape index (κ3) is 3.92. The first-order valence-corrected chi connectivity index (χ1v) is 9.06. The quantitative estimate of drug-likeness (QED) is 0.486. The summed E-state index contributed by atoms with van der Waals surface area (Å²) in [7, 11) is 0. The molecule has 2 heterocycles. The van der Waals surface area contributed by atoms with Gasteiger partial charge in [-0.15, -0.1) is 12.4 Å². The fraction of sp³-hybridized carbons (Fsp3) is 0.190. The standard InChI is InChI=1S/C21H21N5O.ClH/c22-20-18-19(16-10-4-5-11-17(16)25-20)26(14-24-18)13-7-6-12-23-21(27)15-8-2-1-3-9-15;/h1-5,8-11,14H,6-7,12-13H2,(H2,22,25)(H,23,27);1H. The molecule has 0 unspecified atom stereocenters. The van der Waals surface area contributed by atoms with Gasteiger partial charge in [-0.05, 0) is 31.0 Å². The van der Waals surface area contributed by atoms with E-state index in [0.717, 1.165) is 41.3 Å². The van der Waals surface area contributed by atoms with Gasteiger partial charge in [0.1, 0.15) is 5.52 Å². The maximum absolute atomic E-state index is 12.0. The average molecular weight is 396 g/mol. The summed E-state index contributed by atoms with van der Waals surface area (Å²) in [4.78, 5) is 20.9. The van der Waals surface area contributed by atoms with E-state index in [1.54, 1.807) is 0 Å². The molecular weight excluding hydrogens is 374 g/mol. The van der Waals surface area contributed by atoms with E-state index in [0.29, 0.717) is 17.9 Å². The van der Waals surface area contributed by atoms with Crippen LogP contribution in [-0.2, 0) is 6.54 Å². The number of pyridine rings is 1. The molecule has 0 aliphatic heterocycles. The second-order valence-electron chi connectivity index (χ2n) is 6.48. The van der Waals surface area contributed by atoms with Gasteiger partial charge < -0.3 is 15.6 Å². The minimum absolute atomic E-state index is 0. The number of carbonyl (C=O) groups excluding carboxylic acids is 1. The van der Waals surface area contributed by atoms with Crippen LogP contribution in [0.15, 0.2) is 60.9 Å². The Morgan fingerprint density at radius 2 is 1.79 bits per heavy atom. The molecule has 7 heteroatoms. The Morgan fingerprint density at radius 1 is 1.04 bits per heavy atom. The summed E-state index contributed by atoms with van der Waals surface area (Å²) in [5.74, 6) is 0.422. The molecule has 0 radical (unpaired) electrons. The number of aryl methyl sites for hydroxylation is 1. The summed E-state index contributed by atoms with van der Waals surface area (Å²) >= 11 is 0. The number of anilines is 1. The number of hydrogen-bond donors (Lipinski definition) is 2. The molecular formula is C21H22ClN5O. The number of hydrogen-bond acceptors (Lipinski definition) is 4. The van der Waals surface area contributed by atoms with Crippen LogP contribution in [0, 0.1) is 0 Å². The number of halogens is 1. The Balaban J connectivity index is 0.00000225. The lowest BCUT2D eigenvalue weighted by Gasteiger charge is -2.08. The molecule has 0 spiro atoms. The molecule has 6 nitrogen and oxygen atoms in total. The number of unbranched alkanes of at least 4 members (excludes halogenated alkanes) is 1. The SMILES string of the molecule is Cl.Nc1nc2ccccc2c2c1ncn2CCCCNC(=O)c1ccccc1. The number of amides is 1. The Hall–Kier alpha value is -3.12. The number of nitrogens with one attached hydrogen (secondary N) is 1. The van der Waals surface area contributed by atoms with Gasteiger partial charge in [0.05, 0.1) is 17.4 Å². The number of fused-ring (bicyclic) bond motifs is 3. The van der Waals surface area contributed by atoms with Gasteiger partial charge in [0.2, 0.25) is 0 Å². The van der Waals surface area contributed by atoms with E-state index in [1.165, 1.54) is 0 Å². The van der Waals surface area contributed by atoms with Crippen LogP contribution in [0.4, 0.5) is 5.82 Å². The summed E-state index contributed by atoms with van der Waals surface area (Å²) < 4.78 is 2.12. The number of nitrogens with zero attached hydrogens (tertiary/aromatic N) is 3. The fourth-order valence-electron chi connectivity index (χ4n) is 3.28. The van der Waals surface area contributed by atoms with Gasteiger partial charge in [0, 0.05) is 24.0 Å². The molecule has 4 rings (SSSR count). The predicted molar refractivity (Wildman–Crippen MR) is 115 cm³/mol. The molecule has 1 amide bonds. The molecule has 0 saturated carbocycles. The van der Waals surface area contributed by atoms with Gasteiger partial charge in [0.15, 0.2) is 5.82 Å². The lowest BCUT2D eigenvalue weighted by Crippen LogP contribution is -2.24. The summed E-state index contributed by atoms with van der Waals surface area (Å²) in [6.45, 7) is 1.45. The third-order valence-corrected chi connectivity index (χ3v) is 4.63. The minimum atomic E-state index is -0.0338. The van der Waals surface area contributed by atoms with Gasteiger partial charge in [-0.1, -0.05) is 36.4 Å². The van der Waals surface area contributed by atoms with Crippen molar-refractivity contribution in [3.05, 3.63) is 66.5 Å². The Bertz CT molecular complexity index is 1090. The molecule has 0 aliphatic carbocycles. The Labute approximate surface area is 169 Å². The lowest BCUT2D eigenvalue weighted by molar-refractivity contribution is 0.0953. The van der Waals surface area contributed by atoms with Crippen molar-refractivity contribution in [1.29, 1.82) is 0 Å². The number of aromatic nitrogens is 3. The highest BCUT2D eigenvalue weighted by atomic mass is 35.5. The summed E-state index contributed by atoms with van der Waals surface area (Å²) in [6, 6.07) is 17.2. The van der Waals surface area contributed by atoms with Crippen LogP contribution in [0.3, 0.4) is 0 Å². The molecule has 0 aliphatic rings. The first-order chi connectivity index (χ1) is 13.2. The summed E-state index contributed by atoms with van der Waals surface area (Å²) in [5.41, 5.74) is 9.39. The zero-order chi connectivity index (χ0) is 18.6. The van der Waals surface area contributed by atoms with Crippen molar-refractivity contribution in [3.8, 4) is 0 Å². The van der Waals surface area contributed by atoms with Crippen LogP contribution >= 0.6 is 12.4 Å². The van der Waals surface area contributed by atoms with E-state index < -0.39 is 0 Å². The number of imidazole rings is 1. The van der Waals surface area contributed by atoms with E-state index in [2.05, 4.69) is 19.9 Å². The van der Waals surface area contributed by atoms with Crippen molar-refractivity contribution in [2.24, 2.45) is 0 Å². The number of nitrogen functional groups attached to an aromatic ring is 1. The van der Waals surface area contributed by atoms with Gasteiger partial charge in [-0.2, -0.15) is 0 Å². The number of carbonyl (C=O) groups is 1. The molecule has 0 atom stereocenters. The smallest absolute Gasteiger partial charge is 0.251 e. The van der Waals surface area contributed by atoms with E-state index in [1.807, 2.05) is 60.9 Å². The monoisotopic (exact) mass is 395 g/mol. The summed E-state index contributed by atoms with van der Waals surface area (Å²) in [6.07, 6.45) is 3.63. The normalized spacial score (nSPS) is 10.7. The van der Waals surface area contributed by atoms with Gasteiger partial charge in [-0.25, -0.2) is 9.97 Å². The van der Waals surface area contributed by atoms with Crippen molar-refractivity contribution in [2.45, 2.75) is 19.4 Å². The molecule has 4 aromatic rings. The van der Waals surface area contributed by atoms with Crippen molar-refractivity contribution < 1.29 is 4.79 Å². The molecule has 2 aromatic carbocycles. The third-order valence-electron chi connectivity index (χ3n) is 4.63. The molecule has 0 fully saturated rings. The molecule has 28 heavy (non-hydrogen) atoms. The van der Waals surface area contributed by atoms with Crippen LogP contribution in [-0.4, -0.2) is 27.0 Å². The van der Waals surface area contributed by atoms with E-state index in [-0.39, 0.29) is 18.3 Å². The largest absolute Gasteiger partial charge is 0.382 e. The van der Waals surface area contributed by atoms with Crippen LogP contribution < -0.4 is 11.1 Å². The van der Waals surface area contributed by atoms with Crippen LogP contribution in [0.2, 0.25) is 0 Å². The fourth-order valence-corrected chi connectivity index (χ4v) is 3.28. The van der Waals surface area contributed by atoms with Crippen molar-refractivity contribution in [2.75, 3.05) is 12.3 Å². The van der Waals surface area contributed by atoms with Gasteiger partial charge >= 0.3 is 0 Å². The molecule has 0 bridgehead atoms. The van der Waals surface area contributed by atoms with E-state index in [9.17, 15) is 4.79 Å². The minimum Gasteiger partial charge on any atom is -0.382 e.